The van der Waals surface area contributed by atoms with E-state index >= 15 is 0 Å². The number of fused-ring (bicyclic) bond motifs is 5. The maximum atomic E-state index is 5.75. The highest BCUT2D eigenvalue weighted by atomic mass is 15.2. The molecule has 3 saturated carbocycles. The molecule has 0 amide bonds. The summed E-state index contributed by atoms with van der Waals surface area (Å²) in [6, 6.07) is 0.591. The smallest absolute Gasteiger partial charge is 0.0269 e. The molecule has 0 spiro atoms. The maximum absolute atomic E-state index is 5.75. The molecule has 15 heavy (non-hydrogen) atoms. The van der Waals surface area contributed by atoms with E-state index < -0.39 is 0 Å². The van der Waals surface area contributed by atoms with Gasteiger partial charge in [-0.15, -0.1) is 0 Å². The summed E-state index contributed by atoms with van der Waals surface area (Å²) in [5, 5.41) is 0. The van der Waals surface area contributed by atoms with Crippen LogP contribution >= 0.6 is 0 Å². The van der Waals surface area contributed by atoms with Gasteiger partial charge in [-0.2, -0.15) is 0 Å². The van der Waals surface area contributed by atoms with E-state index in [4.69, 9.17) is 5.84 Å². The fourth-order valence-electron chi connectivity index (χ4n) is 4.78. The molecule has 86 valence electrons. The molecule has 6 unspecified atom stereocenters. The second-order valence-electron chi connectivity index (χ2n) is 6.14. The lowest BCUT2D eigenvalue weighted by Gasteiger charge is -2.25. The third-order valence-electron chi connectivity index (χ3n) is 5.66. The molecule has 0 aromatic carbocycles. The summed E-state index contributed by atoms with van der Waals surface area (Å²) in [6.07, 6.45) is 5.82. The molecule has 3 rings (SSSR count). The van der Waals surface area contributed by atoms with E-state index in [2.05, 4.69) is 19.3 Å². The average molecular weight is 208 g/mol. The Kier molecular flexibility index (Phi) is 2.33. The van der Waals surface area contributed by atoms with Crippen molar-refractivity contribution < 1.29 is 0 Å². The second-order valence-corrected chi connectivity index (χ2v) is 6.14. The zero-order valence-electron chi connectivity index (χ0n) is 9.95. The second kappa shape index (κ2) is 3.46. The summed E-state index contributed by atoms with van der Waals surface area (Å²) >= 11 is 0. The first kappa shape index (κ1) is 10.1. The predicted octanol–water partition coefficient (Wildman–Crippen LogP) is 2.16. The highest BCUT2D eigenvalue weighted by molar-refractivity contribution is 5.15. The Morgan fingerprint density at radius 1 is 1.27 bits per heavy atom. The SMILES string of the molecule is CCC(C)C(NN)C1C2C3CCC(C3)C21. The summed E-state index contributed by atoms with van der Waals surface area (Å²) in [5.74, 6) is 11.7. The van der Waals surface area contributed by atoms with Gasteiger partial charge in [0.05, 0.1) is 0 Å². The first-order chi connectivity index (χ1) is 7.27. The number of rotatable bonds is 4. The Labute approximate surface area is 93.0 Å². The third-order valence-corrected chi connectivity index (χ3v) is 5.66. The fraction of sp³-hybridized carbons (Fsp3) is 1.00. The average Bonchev–Trinajstić information content (AvgIpc) is 2.70. The van der Waals surface area contributed by atoms with Crippen molar-refractivity contribution in [3.05, 3.63) is 0 Å². The van der Waals surface area contributed by atoms with Gasteiger partial charge in [-0.05, 0) is 54.8 Å². The Balaban J connectivity index is 1.70. The Morgan fingerprint density at radius 2 is 1.87 bits per heavy atom. The lowest BCUT2D eigenvalue weighted by molar-refractivity contribution is 0.285. The minimum atomic E-state index is 0.591. The topological polar surface area (TPSA) is 38.0 Å². The van der Waals surface area contributed by atoms with E-state index in [1.807, 2.05) is 0 Å². The molecule has 0 aromatic rings. The van der Waals surface area contributed by atoms with Gasteiger partial charge in [-0.25, -0.2) is 0 Å². The van der Waals surface area contributed by atoms with Gasteiger partial charge in [-0.3, -0.25) is 11.3 Å². The van der Waals surface area contributed by atoms with Crippen molar-refractivity contribution in [3.8, 4) is 0 Å². The maximum Gasteiger partial charge on any atom is 0.0269 e. The van der Waals surface area contributed by atoms with Crippen LogP contribution in [0.2, 0.25) is 0 Å². The zero-order valence-corrected chi connectivity index (χ0v) is 9.95. The van der Waals surface area contributed by atoms with Gasteiger partial charge in [0.15, 0.2) is 0 Å². The molecule has 0 saturated heterocycles. The molecular formula is C13H24N2. The largest absolute Gasteiger partial charge is 0.271 e. The van der Waals surface area contributed by atoms with Gasteiger partial charge in [0.1, 0.15) is 0 Å². The first-order valence-electron chi connectivity index (χ1n) is 6.74. The summed E-state index contributed by atoms with van der Waals surface area (Å²) in [7, 11) is 0. The van der Waals surface area contributed by atoms with E-state index in [0.717, 1.165) is 35.5 Å². The molecule has 3 aliphatic carbocycles. The van der Waals surface area contributed by atoms with E-state index in [1.165, 1.54) is 19.3 Å². The van der Waals surface area contributed by atoms with Crippen LogP contribution in [-0.4, -0.2) is 6.04 Å². The monoisotopic (exact) mass is 208 g/mol. The lowest BCUT2D eigenvalue weighted by atomic mass is 9.89. The number of hydrogen-bond donors (Lipinski definition) is 2. The zero-order chi connectivity index (χ0) is 10.6. The summed E-state index contributed by atoms with van der Waals surface area (Å²) in [6.45, 7) is 4.63. The number of nitrogens with one attached hydrogen (secondary N) is 1. The minimum Gasteiger partial charge on any atom is -0.271 e. The van der Waals surface area contributed by atoms with E-state index in [-0.39, 0.29) is 0 Å². The predicted molar refractivity (Wildman–Crippen MR) is 61.9 cm³/mol. The molecule has 2 heteroatoms. The van der Waals surface area contributed by atoms with Crippen LogP contribution in [0.1, 0.15) is 39.5 Å². The van der Waals surface area contributed by atoms with Crippen LogP contribution in [0, 0.1) is 35.5 Å². The van der Waals surface area contributed by atoms with E-state index in [0.29, 0.717) is 6.04 Å². The van der Waals surface area contributed by atoms with Gasteiger partial charge in [-0.1, -0.05) is 20.3 Å². The van der Waals surface area contributed by atoms with Crippen molar-refractivity contribution in [2.24, 2.45) is 41.4 Å². The van der Waals surface area contributed by atoms with Gasteiger partial charge >= 0.3 is 0 Å². The van der Waals surface area contributed by atoms with Crippen LogP contribution in [0.5, 0.6) is 0 Å². The normalized spacial score (nSPS) is 50.2. The highest BCUT2D eigenvalue weighted by Crippen LogP contribution is 2.70. The van der Waals surface area contributed by atoms with Crippen LogP contribution in [0.4, 0.5) is 0 Å². The van der Waals surface area contributed by atoms with Crippen molar-refractivity contribution in [3.63, 3.8) is 0 Å². The van der Waals surface area contributed by atoms with Gasteiger partial charge in [0.2, 0.25) is 0 Å². The Morgan fingerprint density at radius 3 is 2.33 bits per heavy atom. The summed E-state index contributed by atoms with van der Waals surface area (Å²) < 4.78 is 0. The molecule has 3 N–H and O–H groups in total. The molecule has 3 fully saturated rings. The van der Waals surface area contributed by atoms with Gasteiger partial charge in [0, 0.05) is 6.04 Å². The molecule has 2 nitrogen and oxygen atoms in total. The minimum absolute atomic E-state index is 0.591. The van der Waals surface area contributed by atoms with Crippen LogP contribution in [0.3, 0.4) is 0 Å². The van der Waals surface area contributed by atoms with Crippen molar-refractivity contribution in [1.29, 1.82) is 0 Å². The van der Waals surface area contributed by atoms with E-state index in [1.54, 1.807) is 6.42 Å². The molecule has 3 aliphatic rings. The number of hydrogen-bond acceptors (Lipinski definition) is 2. The van der Waals surface area contributed by atoms with Crippen LogP contribution in [-0.2, 0) is 0 Å². The third kappa shape index (κ3) is 1.31. The molecule has 0 heterocycles. The van der Waals surface area contributed by atoms with Crippen molar-refractivity contribution in [2.45, 2.75) is 45.6 Å². The highest BCUT2D eigenvalue weighted by Gasteiger charge is 2.66. The Bertz CT molecular complexity index is 237. The molecule has 0 radical (unpaired) electrons. The van der Waals surface area contributed by atoms with Crippen molar-refractivity contribution in [2.75, 3.05) is 0 Å². The molecular weight excluding hydrogens is 184 g/mol. The standard InChI is InChI=1S/C13H24N2/c1-3-7(2)13(15-14)12-10-8-4-5-9(6-8)11(10)12/h7-13,15H,3-6,14H2,1-2H3. The molecule has 0 aromatic heterocycles. The van der Waals surface area contributed by atoms with E-state index in [9.17, 15) is 0 Å². The van der Waals surface area contributed by atoms with Crippen molar-refractivity contribution in [1.82, 2.24) is 5.43 Å². The summed E-state index contributed by atoms with van der Waals surface area (Å²) in [5.41, 5.74) is 3.11. The quantitative estimate of drug-likeness (QED) is 0.549. The van der Waals surface area contributed by atoms with Gasteiger partial charge in [0.25, 0.3) is 0 Å². The lowest BCUT2D eigenvalue weighted by Crippen LogP contribution is -2.43. The van der Waals surface area contributed by atoms with Crippen LogP contribution < -0.4 is 11.3 Å². The van der Waals surface area contributed by atoms with Gasteiger partial charge < -0.3 is 0 Å². The Hall–Kier alpha value is -0.0800. The van der Waals surface area contributed by atoms with Crippen LogP contribution in [0.25, 0.3) is 0 Å². The van der Waals surface area contributed by atoms with Crippen molar-refractivity contribution >= 4 is 0 Å². The number of hydrazine groups is 1. The van der Waals surface area contributed by atoms with Crippen LogP contribution in [0.15, 0.2) is 0 Å². The molecule has 6 atom stereocenters. The fourth-order valence-corrected chi connectivity index (χ4v) is 4.78. The molecule has 2 bridgehead atoms. The number of nitrogens with two attached hydrogens (primary N) is 1. The first-order valence-corrected chi connectivity index (χ1v) is 6.74. The summed E-state index contributed by atoms with van der Waals surface area (Å²) in [4.78, 5) is 0. The molecule has 0 aliphatic heterocycles.